The van der Waals surface area contributed by atoms with Gasteiger partial charge in [0.1, 0.15) is 6.61 Å². The average Bonchev–Trinajstić information content (AvgIpc) is 1.96. The van der Waals surface area contributed by atoms with Crippen molar-refractivity contribution in [2.75, 3.05) is 6.61 Å². The largest absolute Gasteiger partial charge is 0.368 e. The molecule has 0 aromatic heterocycles. The van der Waals surface area contributed by atoms with Gasteiger partial charge in [-0.25, -0.2) is 0 Å². The van der Waals surface area contributed by atoms with Gasteiger partial charge in [-0.2, -0.15) is 5.48 Å². The summed E-state index contributed by atoms with van der Waals surface area (Å²) in [6.45, 7) is 2.01. The van der Waals surface area contributed by atoms with E-state index in [4.69, 9.17) is 10.6 Å². The van der Waals surface area contributed by atoms with E-state index >= 15 is 0 Å². The van der Waals surface area contributed by atoms with Crippen LogP contribution >= 0.6 is 0 Å². The third kappa shape index (κ3) is 4.24. The highest BCUT2D eigenvalue weighted by Crippen LogP contribution is 2.30. The van der Waals surface area contributed by atoms with Crippen molar-refractivity contribution >= 4 is 5.91 Å². The van der Waals surface area contributed by atoms with Gasteiger partial charge in [0.05, 0.1) is 0 Å². The van der Waals surface area contributed by atoms with E-state index in [9.17, 15) is 4.79 Å². The number of carbonyl (C=O) groups is 1. The number of amides is 1. The van der Waals surface area contributed by atoms with Crippen LogP contribution in [0.5, 0.6) is 0 Å². The van der Waals surface area contributed by atoms with Gasteiger partial charge in [0.25, 0.3) is 0 Å². The minimum atomic E-state index is -0.441. The minimum Gasteiger partial charge on any atom is -0.368 e. The summed E-state index contributed by atoms with van der Waals surface area (Å²) in [6.07, 6.45) is 5.15. The highest BCUT2D eigenvalue weighted by atomic mass is 16.6. The maximum absolute atomic E-state index is 10.3. The molecule has 3 N–H and O–H groups in total. The summed E-state index contributed by atoms with van der Waals surface area (Å²) in [7, 11) is 0. The van der Waals surface area contributed by atoms with Gasteiger partial charge in [-0.1, -0.05) is 19.3 Å². The molecule has 0 spiro atoms. The zero-order valence-corrected chi connectivity index (χ0v) is 8.08. The van der Waals surface area contributed by atoms with Crippen LogP contribution in [-0.4, -0.2) is 18.6 Å². The summed E-state index contributed by atoms with van der Waals surface area (Å²) in [5, 5.41) is 0. The molecular formula is C9H18N2O2. The minimum absolute atomic E-state index is 0.0466. The number of carbonyl (C=O) groups excluding carboxylic acids is 1. The predicted octanol–water partition coefficient (Wildman–Crippen LogP) is 0.572. The monoisotopic (exact) mass is 186 g/mol. The summed E-state index contributed by atoms with van der Waals surface area (Å²) in [6, 6.07) is 0.310. The second kappa shape index (κ2) is 5.19. The molecular weight excluding hydrogens is 168 g/mol. The molecule has 1 saturated carbocycles. The average molecular weight is 186 g/mol. The van der Waals surface area contributed by atoms with Crippen molar-refractivity contribution in [1.29, 1.82) is 0 Å². The molecule has 1 rings (SSSR count). The zero-order chi connectivity index (χ0) is 9.68. The molecule has 0 heterocycles. The van der Waals surface area contributed by atoms with Crippen LogP contribution in [0.2, 0.25) is 0 Å². The molecule has 0 aromatic rings. The third-order valence-electron chi connectivity index (χ3n) is 2.41. The summed E-state index contributed by atoms with van der Waals surface area (Å²) in [5.74, 6) is 0.406. The summed E-state index contributed by atoms with van der Waals surface area (Å²) in [5.41, 5.74) is 7.73. The number of nitrogens with two attached hydrogens (primary N) is 1. The SMILES string of the molecule is CC(CC1CCC1)NOCC(N)=O. The van der Waals surface area contributed by atoms with Crippen molar-refractivity contribution in [3.63, 3.8) is 0 Å². The van der Waals surface area contributed by atoms with Gasteiger partial charge >= 0.3 is 0 Å². The van der Waals surface area contributed by atoms with E-state index in [1.165, 1.54) is 19.3 Å². The Morgan fingerprint density at radius 1 is 1.69 bits per heavy atom. The predicted molar refractivity (Wildman–Crippen MR) is 49.7 cm³/mol. The Hall–Kier alpha value is -0.610. The highest BCUT2D eigenvalue weighted by Gasteiger charge is 2.19. The van der Waals surface area contributed by atoms with Gasteiger partial charge in [-0.3, -0.25) is 9.63 Å². The molecule has 4 heteroatoms. The lowest BCUT2D eigenvalue weighted by atomic mass is 9.81. The van der Waals surface area contributed by atoms with Crippen LogP contribution in [0.15, 0.2) is 0 Å². The van der Waals surface area contributed by atoms with Gasteiger partial charge in [-0.15, -0.1) is 0 Å². The van der Waals surface area contributed by atoms with E-state index in [1.54, 1.807) is 0 Å². The number of rotatable bonds is 6. The smallest absolute Gasteiger partial charge is 0.245 e. The Balaban J connectivity index is 1.96. The first kappa shape index (κ1) is 10.5. The molecule has 1 amide bonds. The quantitative estimate of drug-likeness (QED) is 0.596. The van der Waals surface area contributed by atoms with Crippen LogP contribution in [0, 0.1) is 5.92 Å². The number of hydrogen-bond acceptors (Lipinski definition) is 3. The third-order valence-corrected chi connectivity index (χ3v) is 2.41. The second-order valence-corrected chi connectivity index (χ2v) is 3.81. The maximum atomic E-state index is 10.3. The van der Waals surface area contributed by atoms with Crippen LogP contribution in [0.1, 0.15) is 32.6 Å². The van der Waals surface area contributed by atoms with Crippen molar-refractivity contribution < 1.29 is 9.63 Å². The van der Waals surface area contributed by atoms with Gasteiger partial charge < -0.3 is 5.73 Å². The highest BCUT2D eigenvalue weighted by molar-refractivity contribution is 5.74. The molecule has 0 radical (unpaired) electrons. The molecule has 1 unspecified atom stereocenters. The van der Waals surface area contributed by atoms with E-state index in [-0.39, 0.29) is 6.61 Å². The maximum Gasteiger partial charge on any atom is 0.245 e. The van der Waals surface area contributed by atoms with Crippen molar-refractivity contribution in [3.8, 4) is 0 Å². The molecule has 0 aliphatic heterocycles. The van der Waals surface area contributed by atoms with Crippen LogP contribution < -0.4 is 11.2 Å². The van der Waals surface area contributed by atoms with E-state index < -0.39 is 5.91 Å². The number of hydroxylamine groups is 1. The Morgan fingerprint density at radius 2 is 2.38 bits per heavy atom. The van der Waals surface area contributed by atoms with Crippen LogP contribution in [0.25, 0.3) is 0 Å². The van der Waals surface area contributed by atoms with Crippen molar-refractivity contribution in [2.45, 2.75) is 38.6 Å². The van der Waals surface area contributed by atoms with Gasteiger partial charge in [-0.05, 0) is 19.3 Å². The fourth-order valence-electron chi connectivity index (χ4n) is 1.53. The summed E-state index contributed by atoms with van der Waals surface area (Å²) in [4.78, 5) is 15.2. The van der Waals surface area contributed by atoms with E-state index in [2.05, 4.69) is 12.4 Å². The van der Waals surface area contributed by atoms with E-state index in [0.717, 1.165) is 12.3 Å². The van der Waals surface area contributed by atoms with Crippen molar-refractivity contribution in [2.24, 2.45) is 11.7 Å². The first-order chi connectivity index (χ1) is 6.18. The van der Waals surface area contributed by atoms with Crippen LogP contribution in [0.3, 0.4) is 0 Å². The normalized spacial score (nSPS) is 19.5. The number of nitrogens with one attached hydrogen (secondary N) is 1. The Kier molecular flexibility index (Phi) is 4.18. The van der Waals surface area contributed by atoms with Gasteiger partial charge in [0.2, 0.25) is 5.91 Å². The molecule has 1 aliphatic carbocycles. The fraction of sp³-hybridized carbons (Fsp3) is 0.889. The van der Waals surface area contributed by atoms with Crippen molar-refractivity contribution in [3.05, 3.63) is 0 Å². The molecule has 1 atom stereocenters. The molecule has 0 saturated heterocycles. The topological polar surface area (TPSA) is 64.3 Å². The fourth-order valence-corrected chi connectivity index (χ4v) is 1.53. The molecule has 1 aliphatic rings. The molecule has 13 heavy (non-hydrogen) atoms. The molecule has 4 nitrogen and oxygen atoms in total. The lowest BCUT2D eigenvalue weighted by molar-refractivity contribution is -0.126. The van der Waals surface area contributed by atoms with Crippen molar-refractivity contribution in [1.82, 2.24) is 5.48 Å². The van der Waals surface area contributed by atoms with E-state index in [0.29, 0.717) is 6.04 Å². The molecule has 76 valence electrons. The first-order valence-corrected chi connectivity index (χ1v) is 4.84. The van der Waals surface area contributed by atoms with Gasteiger partial charge in [0, 0.05) is 6.04 Å². The first-order valence-electron chi connectivity index (χ1n) is 4.84. The zero-order valence-electron chi connectivity index (χ0n) is 8.08. The van der Waals surface area contributed by atoms with Crippen LogP contribution in [-0.2, 0) is 9.63 Å². The Labute approximate surface area is 78.8 Å². The van der Waals surface area contributed by atoms with Gasteiger partial charge in [0.15, 0.2) is 0 Å². The number of hydrogen-bond donors (Lipinski definition) is 2. The Bertz CT molecular complexity index is 169. The standard InChI is InChI=1S/C9H18N2O2/c1-7(5-8-3-2-4-8)11-13-6-9(10)12/h7-8,11H,2-6H2,1H3,(H2,10,12). The molecule has 0 bridgehead atoms. The second-order valence-electron chi connectivity index (χ2n) is 3.81. The summed E-state index contributed by atoms with van der Waals surface area (Å²) >= 11 is 0. The lowest BCUT2D eigenvalue weighted by Crippen LogP contribution is -2.33. The molecule has 0 aromatic carbocycles. The summed E-state index contributed by atoms with van der Waals surface area (Å²) < 4.78 is 0. The lowest BCUT2D eigenvalue weighted by Gasteiger charge is -2.28. The number of primary amides is 1. The molecule has 1 fully saturated rings. The Morgan fingerprint density at radius 3 is 2.85 bits per heavy atom. The van der Waals surface area contributed by atoms with Crippen LogP contribution in [0.4, 0.5) is 0 Å². The van der Waals surface area contributed by atoms with E-state index in [1.807, 2.05) is 0 Å².